The van der Waals surface area contributed by atoms with Crippen LogP contribution in [0.15, 0.2) is 89.5 Å². The number of aromatic nitrogens is 1. The third-order valence-electron chi connectivity index (χ3n) is 4.46. The van der Waals surface area contributed by atoms with E-state index in [1.165, 1.54) is 12.1 Å². The van der Waals surface area contributed by atoms with E-state index in [0.717, 1.165) is 16.7 Å². The number of hydrogen-bond donors (Lipinski definition) is 1. The highest BCUT2D eigenvalue weighted by Gasteiger charge is 2.15. The lowest BCUT2D eigenvalue weighted by Crippen LogP contribution is -2.22. The molecule has 0 fully saturated rings. The first kappa shape index (κ1) is 18.4. The molecule has 1 aromatic heterocycles. The van der Waals surface area contributed by atoms with Crippen LogP contribution in [0.4, 0.5) is 4.39 Å². The summed E-state index contributed by atoms with van der Waals surface area (Å²) >= 11 is 6.05. The molecule has 0 spiro atoms. The molecule has 28 heavy (non-hydrogen) atoms. The second kappa shape index (κ2) is 8.38. The first-order chi connectivity index (χ1) is 13.7. The van der Waals surface area contributed by atoms with Gasteiger partial charge in [-0.3, -0.25) is 5.32 Å². The maximum absolute atomic E-state index is 13.3. The lowest BCUT2D eigenvalue weighted by molar-refractivity contribution is 0.462. The Hall–Kier alpha value is -2.95. The Balaban J connectivity index is 1.54. The molecule has 1 N–H and O–H groups in total. The third-order valence-corrected chi connectivity index (χ3v) is 4.69. The van der Waals surface area contributed by atoms with Gasteiger partial charge in [0.1, 0.15) is 5.82 Å². The average Bonchev–Trinajstić information content (AvgIpc) is 3.19. The minimum atomic E-state index is -0.255. The van der Waals surface area contributed by atoms with Crippen molar-refractivity contribution in [1.29, 1.82) is 0 Å². The van der Waals surface area contributed by atoms with Crippen LogP contribution in [-0.2, 0) is 6.54 Å². The Labute approximate surface area is 167 Å². The molecule has 0 aliphatic rings. The molecule has 1 atom stereocenters. The van der Waals surface area contributed by atoms with Crippen molar-refractivity contribution in [2.24, 2.45) is 0 Å². The normalized spacial score (nSPS) is 12.1. The molecule has 5 heteroatoms. The van der Waals surface area contributed by atoms with Crippen LogP contribution >= 0.6 is 11.6 Å². The van der Waals surface area contributed by atoms with Gasteiger partial charge in [0.15, 0.2) is 5.76 Å². The Morgan fingerprint density at radius 3 is 2.43 bits per heavy atom. The standard InChI is InChI=1S/C23H18ClFN2O/c24-19-8-4-7-18(13-19)21-14-26-22(28-21)15-27-23(16-5-2-1-3-6-16)17-9-11-20(25)12-10-17/h1-14,23,27H,15H2. The topological polar surface area (TPSA) is 38.1 Å². The van der Waals surface area contributed by atoms with Crippen molar-refractivity contribution >= 4 is 11.6 Å². The molecule has 0 bridgehead atoms. The van der Waals surface area contributed by atoms with Crippen LogP contribution in [0.2, 0.25) is 5.02 Å². The summed E-state index contributed by atoms with van der Waals surface area (Å²) in [4.78, 5) is 4.36. The second-order valence-electron chi connectivity index (χ2n) is 6.40. The van der Waals surface area contributed by atoms with Gasteiger partial charge in [0, 0.05) is 10.6 Å². The molecular weight excluding hydrogens is 375 g/mol. The van der Waals surface area contributed by atoms with E-state index in [1.54, 1.807) is 18.3 Å². The van der Waals surface area contributed by atoms with E-state index < -0.39 is 0 Å². The molecule has 1 unspecified atom stereocenters. The van der Waals surface area contributed by atoms with Gasteiger partial charge in [0.25, 0.3) is 0 Å². The predicted octanol–water partition coefficient (Wildman–Crippen LogP) is 6.01. The molecule has 0 radical (unpaired) electrons. The molecule has 3 aromatic carbocycles. The van der Waals surface area contributed by atoms with Gasteiger partial charge in [-0.05, 0) is 35.4 Å². The highest BCUT2D eigenvalue weighted by Crippen LogP contribution is 2.25. The Kier molecular flexibility index (Phi) is 5.51. The zero-order valence-corrected chi connectivity index (χ0v) is 15.7. The number of rotatable bonds is 6. The highest BCUT2D eigenvalue weighted by molar-refractivity contribution is 6.30. The molecule has 3 nitrogen and oxygen atoms in total. The van der Waals surface area contributed by atoms with Gasteiger partial charge in [0.2, 0.25) is 5.89 Å². The molecule has 0 saturated heterocycles. The van der Waals surface area contributed by atoms with Crippen molar-refractivity contribution in [1.82, 2.24) is 10.3 Å². The van der Waals surface area contributed by atoms with Crippen LogP contribution in [0, 0.1) is 5.82 Å². The smallest absolute Gasteiger partial charge is 0.208 e. The molecule has 1 heterocycles. The van der Waals surface area contributed by atoms with Crippen LogP contribution in [0.3, 0.4) is 0 Å². The summed E-state index contributed by atoms with van der Waals surface area (Å²) < 4.78 is 19.2. The van der Waals surface area contributed by atoms with Crippen LogP contribution < -0.4 is 5.32 Å². The summed E-state index contributed by atoms with van der Waals surface area (Å²) in [6, 6.07) is 23.9. The second-order valence-corrected chi connectivity index (χ2v) is 6.84. The number of hydrogen-bond acceptors (Lipinski definition) is 3. The Morgan fingerprint density at radius 1 is 0.929 bits per heavy atom. The predicted molar refractivity (Wildman–Crippen MR) is 108 cm³/mol. The number of nitrogens with zero attached hydrogens (tertiary/aromatic N) is 1. The monoisotopic (exact) mass is 392 g/mol. The number of oxazole rings is 1. The first-order valence-electron chi connectivity index (χ1n) is 8.93. The summed E-state index contributed by atoms with van der Waals surface area (Å²) in [5.41, 5.74) is 2.93. The van der Waals surface area contributed by atoms with Gasteiger partial charge in [-0.25, -0.2) is 9.37 Å². The van der Waals surface area contributed by atoms with Crippen LogP contribution in [0.5, 0.6) is 0 Å². The van der Waals surface area contributed by atoms with Gasteiger partial charge in [-0.2, -0.15) is 0 Å². The molecule has 140 valence electrons. The van der Waals surface area contributed by atoms with E-state index in [1.807, 2.05) is 54.6 Å². The van der Waals surface area contributed by atoms with Gasteiger partial charge >= 0.3 is 0 Å². The Bertz CT molecular complexity index is 1050. The van der Waals surface area contributed by atoms with Crippen molar-refractivity contribution in [3.63, 3.8) is 0 Å². The largest absolute Gasteiger partial charge is 0.439 e. The minimum absolute atomic E-state index is 0.108. The summed E-state index contributed by atoms with van der Waals surface area (Å²) in [5.74, 6) is 0.977. The van der Waals surface area contributed by atoms with E-state index in [0.29, 0.717) is 23.2 Å². The van der Waals surface area contributed by atoms with Crippen molar-refractivity contribution in [2.75, 3.05) is 0 Å². The van der Waals surface area contributed by atoms with E-state index in [2.05, 4.69) is 10.3 Å². The third kappa shape index (κ3) is 4.30. The summed E-state index contributed by atoms with van der Waals surface area (Å²) in [5, 5.41) is 4.11. The highest BCUT2D eigenvalue weighted by atomic mass is 35.5. The van der Waals surface area contributed by atoms with Gasteiger partial charge in [-0.15, -0.1) is 0 Å². The fraction of sp³-hybridized carbons (Fsp3) is 0.0870. The van der Waals surface area contributed by atoms with E-state index >= 15 is 0 Å². The maximum atomic E-state index is 13.3. The van der Waals surface area contributed by atoms with E-state index in [9.17, 15) is 4.39 Å². The van der Waals surface area contributed by atoms with Gasteiger partial charge < -0.3 is 4.42 Å². The average molecular weight is 393 g/mol. The van der Waals surface area contributed by atoms with Crippen molar-refractivity contribution in [3.05, 3.63) is 113 Å². The van der Waals surface area contributed by atoms with Crippen molar-refractivity contribution < 1.29 is 8.81 Å². The zero-order chi connectivity index (χ0) is 19.3. The summed E-state index contributed by atoms with van der Waals surface area (Å²) in [6.07, 6.45) is 1.69. The van der Waals surface area contributed by atoms with Crippen molar-refractivity contribution in [3.8, 4) is 11.3 Å². The molecule has 0 aliphatic carbocycles. The molecular formula is C23H18ClFN2O. The fourth-order valence-electron chi connectivity index (χ4n) is 3.09. The lowest BCUT2D eigenvalue weighted by Gasteiger charge is -2.19. The summed E-state index contributed by atoms with van der Waals surface area (Å²) in [7, 11) is 0. The number of halogens is 2. The minimum Gasteiger partial charge on any atom is -0.439 e. The van der Waals surface area contributed by atoms with E-state index in [4.69, 9.17) is 16.0 Å². The quantitative estimate of drug-likeness (QED) is 0.436. The molecule has 4 aromatic rings. The maximum Gasteiger partial charge on any atom is 0.208 e. The lowest BCUT2D eigenvalue weighted by atomic mass is 9.99. The van der Waals surface area contributed by atoms with Crippen molar-refractivity contribution in [2.45, 2.75) is 12.6 Å². The number of benzene rings is 3. The van der Waals surface area contributed by atoms with Gasteiger partial charge in [-0.1, -0.05) is 66.2 Å². The van der Waals surface area contributed by atoms with Gasteiger partial charge in [0.05, 0.1) is 18.8 Å². The van der Waals surface area contributed by atoms with Crippen LogP contribution in [0.25, 0.3) is 11.3 Å². The van der Waals surface area contributed by atoms with Crippen LogP contribution in [0.1, 0.15) is 23.1 Å². The molecule has 0 amide bonds. The SMILES string of the molecule is Fc1ccc(C(NCc2ncc(-c3cccc(Cl)c3)o2)c2ccccc2)cc1. The van der Waals surface area contributed by atoms with E-state index in [-0.39, 0.29) is 11.9 Å². The first-order valence-corrected chi connectivity index (χ1v) is 9.31. The number of nitrogens with one attached hydrogen (secondary N) is 1. The Morgan fingerprint density at radius 2 is 1.68 bits per heavy atom. The molecule has 0 aliphatic heterocycles. The zero-order valence-electron chi connectivity index (χ0n) is 15.0. The summed E-state index contributed by atoms with van der Waals surface area (Å²) in [6.45, 7) is 0.428. The fourth-order valence-corrected chi connectivity index (χ4v) is 3.28. The van der Waals surface area contributed by atoms with Crippen LogP contribution in [-0.4, -0.2) is 4.98 Å². The molecule has 0 saturated carbocycles. The molecule has 4 rings (SSSR count).